The van der Waals surface area contributed by atoms with Crippen molar-refractivity contribution >= 4 is 23.2 Å². The van der Waals surface area contributed by atoms with E-state index < -0.39 is 5.97 Å². The number of benzene rings is 1. The van der Waals surface area contributed by atoms with Gasteiger partial charge in [0.15, 0.2) is 0 Å². The molecule has 1 aromatic carbocycles. The van der Waals surface area contributed by atoms with Gasteiger partial charge in [0, 0.05) is 23.7 Å². The Balaban J connectivity index is 1.83. The van der Waals surface area contributed by atoms with Crippen LogP contribution in [0.2, 0.25) is 0 Å². The van der Waals surface area contributed by atoms with Crippen LogP contribution in [0.1, 0.15) is 15.2 Å². The van der Waals surface area contributed by atoms with Gasteiger partial charge in [0.1, 0.15) is 24.0 Å². The zero-order valence-corrected chi connectivity index (χ0v) is 15.7. The second-order valence-electron chi connectivity index (χ2n) is 6.00. The summed E-state index contributed by atoms with van der Waals surface area (Å²) in [6.07, 6.45) is 1.78. The van der Waals surface area contributed by atoms with Crippen molar-refractivity contribution in [1.29, 1.82) is 0 Å². The minimum absolute atomic E-state index is 0.0767. The molecule has 1 aromatic heterocycles. The molecule has 7 nitrogen and oxygen atoms in total. The van der Waals surface area contributed by atoms with Gasteiger partial charge in [-0.25, -0.2) is 9.78 Å². The molecule has 1 fully saturated rings. The Bertz CT molecular complexity index is 820. The normalized spacial score (nSPS) is 17.3. The van der Waals surface area contributed by atoms with Crippen LogP contribution in [-0.2, 0) is 14.3 Å². The summed E-state index contributed by atoms with van der Waals surface area (Å²) in [5.41, 5.74) is 1.17. The molecule has 0 bridgehead atoms. The lowest BCUT2D eigenvalue weighted by Crippen LogP contribution is -2.49. The Morgan fingerprint density at radius 3 is 2.92 bits per heavy atom. The number of aromatic nitrogens is 1. The molecule has 1 aliphatic rings. The van der Waals surface area contributed by atoms with Crippen molar-refractivity contribution in [3.05, 3.63) is 34.8 Å². The monoisotopic (exact) mass is 376 g/mol. The van der Waals surface area contributed by atoms with E-state index in [4.69, 9.17) is 14.2 Å². The van der Waals surface area contributed by atoms with Gasteiger partial charge < -0.3 is 19.1 Å². The summed E-state index contributed by atoms with van der Waals surface area (Å²) in [5.74, 6) is -0.00689. The van der Waals surface area contributed by atoms with Crippen molar-refractivity contribution in [2.45, 2.75) is 13.0 Å². The first-order chi connectivity index (χ1) is 12.5. The summed E-state index contributed by atoms with van der Waals surface area (Å²) >= 11 is 1.53. The first-order valence-electron chi connectivity index (χ1n) is 8.10. The molecule has 26 heavy (non-hydrogen) atoms. The van der Waals surface area contributed by atoms with Gasteiger partial charge in [-0.15, -0.1) is 11.3 Å². The average molecular weight is 376 g/mol. The van der Waals surface area contributed by atoms with E-state index in [0.717, 1.165) is 15.4 Å². The number of carbonyl (C=O) groups is 2. The predicted molar refractivity (Wildman–Crippen MR) is 96.5 cm³/mol. The highest BCUT2D eigenvalue weighted by molar-refractivity contribution is 7.14. The fourth-order valence-corrected chi connectivity index (χ4v) is 3.33. The van der Waals surface area contributed by atoms with Gasteiger partial charge in [0.2, 0.25) is 5.91 Å². The highest BCUT2D eigenvalue weighted by Gasteiger charge is 2.26. The van der Waals surface area contributed by atoms with Gasteiger partial charge in [0.05, 0.1) is 25.3 Å². The van der Waals surface area contributed by atoms with E-state index in [1.54, 1.807) is 30.3 Å². The minimum atomic E-state index is -0.446. The molecule has 1 aliphatic heterocycles. The van der Waals surface area contributed by atoms with Crippen molar-refractivity contribution in [2.75, 3.05) is 34.0 Å². The number of thiazole rings is 1. The average Bonchev–Trinajstić information content (AvgIpc) is 3.08. The van der Waals surface area contributed by atoms with E-state index in [0.29, 0.717) is 17.9 Å². The maximum atomic E-state index is 12.0. The van der Waals surface area contributed by atoms with Crippen LogP contribution in [0.5, 0.6) is 5.75 Å². The standard InChI is InChI=1S/C18H20N2O5S/c1-11-7-19-17(26-11)12-4-13(18(22)23-3)6-15(5-12)25-9-14-8-24-10-16(21)20(14)2/h4-7,14H,8-10H2,1-3H3/t14-/m1/s1. The van der Waals surface area contributed by atoms with E-state index in [9.17, 15) is 9.59 Å². The fraction of sp³-hybridized carbons (Fsp3) is 0.389. The number of amides is 1. The van der Waals surface area contributed by atoms with E-state index in [2.05, 4.69) is 4.98 Å². The van der Waals surface area contributed by atoms with Gasteiger partial charge in [-0.3, -0.25) is 4.79 Å². The minimum Gasteiger partial charge on any atom is -0.491 e. The maximum absolute atomic E-state index is 12.0. The molecule has 0 spiro atoms. The summed E-state index contributed by atoms with van der Waals surface area (Å²) in [6, 6.07) is 5.01. The van der Waals surface area contributed by atoms with Crippen LogP contribution in [0.4, 0.5) is 0 Å². The van der Waals surface area contributed by atoms with E-state index in [1.807, 2.05) is 13.0 Å². The molecule has 2 aromatic rings. The number of aryl methyl sites for hydroxylation is 1. The Hall–Kier alpha value is -2.45. The second kappa shape index (κ2) is 7.84. The third-order valence-corrected chi connectivity index (χ3v) is 5.08. The molecule has 0 radical (unpaired) electrons. The number of hydrogen-bond donors (Lipinski definition) is 0. The van der Waals surface area contributed by atoms with E-state index in [-0.39, 0.29) is 25.2 Å². The molecule has 3 rings (SSSR count). The van der Waals surface area contributed by atoms with Crippen LogP contribution in [-0.4, -0.2) is 61.8 Å². The number of rotatable bonds is 5. The molecular weight excluding hydrogens is 356 g/mol. The second-order valence-corrected chi connectivity index (χ2v) is 7.23. The molecule has 0 unspecified atom stereocenters. The highest BCUT2D eigenvalue weighted by atomic mass is 32.1. The van der Waals surface area contributed by atoms with Crippen LogP contribution in [0.15, 0.2) is 24.4 Å². The summed E-state index contributed by atoms with van der Waals surface area (Å²) in [5, 5.41) is 0.798. The zero-order chi connectivity index (χ0) is 18.7. The van der Waals surface area contributed by atoms with Crippen LogP contribution in [0.3, 0.4) is 0 Å². The molecule has 2 heterocycles. The molecule has 1 atom stereocenters. The number of carbonyl (C=O) groups excluding carboxylic acids is 2. The Morgan fingerprint density at radius 1 is 1.42 bits per heavy atom. The highest BCUT2D eigenvalue weighted by Crippen LogP contribution is 2.30. The number of ether oxygens (including phenoxy) is 3. The van der Waals surface area contributed by atoms with Crippen LogP contribution in [0.25, 0.3) is 10.6 Å². The molecule has 1 amide bonds. The topological polar surface area (TPSA) is 78.0 Å². The number of likely N-dealkylation sites (N-methyl/N-ethyl adjacent to an activating group) is 1. The van der Waals surface area contributed by atoms with Crippen molar-refractivity contribution < 1.29 is 23.8 Å². The molecule has 138 valence electrons. The van der Waals surface area contributed by atoms with Crippen LogP contribution >= 0.6 is 11.3 Å². The number of morpholine rings is 1. The molecule has 8 heteroatoms. The quantitative estimate of drug-likeness (QED) is 0.744. The zero-order valence-electron chi connectivity index (χ0n) is 14.9. The molecule has 0 saturated carbocycles. The molecule has 0 aliphatic carbocycles. The van der Waals surface area contributed by atoms with E-state index >= 15 is 0 Å². The predicted octanol–water partition coefficient (Wildman–Crippen LogP) is 2.14. The fourth-order valence-electron chi connectivity index (χ4n) is 2.58. The first kappa shape index (κ1) is 18.3. The number of hydrogen-bond acceptors (Lipinski definition) is 7. The van der Waals surface area contributed by atoms with Crippen molar-refractivity contribution in [1.82, 2.24) is 9.88 Å². The van der Waals surface area contributed by atoms with Crippen molar-refractivity contribution in [3.8, 4) is 16.3 Å². The van der Waals surface area contributed by atoms with Gasteiger partial charge in [-0.1, -0.05) is 0 Å². The number of nitrogens with zero attached hydrogens (tertiary/aromatic N) is 2. The lowest BCUT2D eigenvalue weighted by molar-refractivity contribution is -0.147. The third kappa shape index (κ3) is 4.03. The lowest BCUT2D eigenvalue weighted by atomic mass is 10.1. The smallest absolute Gasteiger partial charge is 0.338 e. The van der Waals surface area contributed by atoms with Crippen LogP contribution < -0.4 is 4.74 Å². The molecular formula is C18H20N2O5S. The SMILES string of the molecule is COC(=O)c1cc(OC[C@H]2COCC(=O)N2C)cc(-c2ncc(C)s2)c1. The number of methoxy groups -OCH3 is 1. The van der Waals surface area contributed by atoms with E-state index in [1.165, 1.54) is 18.4 Å². The largest absolute Gasteiger partial charge is 0.491 e. The van der Waals surface area contributed by atoms with Crippen molar-refractivity contribution in [2.24, 2.45) is 0 Å². The third-order valence-electron chi connectivity index (χ3n) is 4.12. The Labute approximate surface area is 155 Å². The van der Waals surface area contributed by atoms with Crippen LogP contribution in [0, 0.1) is 6.92 Å². The molecule has 1 saturated heterocycles. The first-order valence-corrected chi connectivity index (χ1v) is 8.92. The van der Waals surface area contributed by atoms with Gasteiger partial charge in [-0.05, 0) is 25.1 Å². The lowest BCUT2D eigenvalue weighted by Gasteiger charge is -2.32. The summed E-state index contributed by atoms with van der Waals surface area (Å²) in [7, 11) is 3.07. The van der Waals surface area contributed by atoms with Gasteiger partial charge >= 0.3 is 5.97 Å². The van der Waals surface area contributed by atoms with Gasteiger partial charge in [-0.2, -0.15) is 0 Å². The van der Waals surface area contributed by atoms with Gasteiger partial charge in [0.25, 0.3) is 0 Å². The van der Waals surface area contributed by atoms with Crippen molar-refractivity contribution in [3.63, 3.8) is 0 Å². The summed E-state index contributed by atoms with van der Waals surface area (Å²) in [4.78, 5) is 30.8. The number of esters is 1. The summed E-state index contributed by atoms with van der Waals surface area (Å²) in [6.45, 7) is 2.75. The Kier molecular flexibility index (Phi) is 5.53. The maximum Gasteiger partial charge on any atom is 0.338 e. The molecule has 0 N–H and O–H groups in total. The Morgan fingerprint density at radius 2 is 2.23 bits per heavy atom. The summed E-state index contributed by atoms with van der Waals surface area (Å²) < 4.78 is 16.0.